The zero-order valence-electron chi connectivity index (χ0n) is 13.5. The zero-order valence-corrected chi connectivity index (χ0v) is 13.5. The molecular weight excluding hydrogens is 268 g/mol. The third-order valence-electron chi connectivity index (χ3n) is 4.26. The van der Waals surface area contributed by atoms with Gasteiger partial charge in [-0.05, 0) is 40.0 Å². The molecule has 0 aliphatic carbocycles. The molecule has 118 valence electrons. The van der Waals surface area contributed by atoms with Crippen molar-refractivity contribution in [1.82, 2.24) is 20.0 Å². The number of aromatic nitrogens is 2. The average molecular weight is 294 g/mol. The van der Waals surface area contributed by atoms with Gasteiger partial charge in [0, 0.05) is 12.0 Å². The summed E-state index contributed by atoms with van der Waals surface area (Å²) in [6, 6.07) is 0. The van der Waals surface area contributed by atoms with Gasteiger partial charge in [-0.1, -0.05) is 6.92 Å². The van der Waals surface area contributed by atoms with Crippen LogP contribution in [0.25, 0.3) is 0 Å². The van der Waals surface area contributed by atoms with Crippen LogP contribution in [0.4, 0.5) is 0 Å². The van der Waals surface area contributed by atoms with Crippen LogP contribution in [0.1, 0.15) is 30.3 Å². The number of Topliss-reactive ketones (excluding diaryl/α,β-unsaturated/α-hetero) is 1. The highest BCUT2D eigenvalue weighted by Gasteiger charge is 2.38. The van der Waals surface area contributed by atoms with E-state index in [1.54, 1.807) is 18.0 Å². The van der Waals surface area contributed by atoms with Crippen molar-refractivity contribution in [1.29, 1.82) is 0 Å². The normalized spacial score (nSPS) is 18.0. The monoisotopic (exact) mass is 294 g/mol. The van der Waals surface area contributed by atoms with Crippen molar-refractivity contribution >= 4 is 5.78 Å². The molecule has 0 saturated carbocycles. The van der Waals surface area contributed by atoms with E-state index < -0.39 is 0 Å². The van der Waals surface area contributed by atoms with Gasteiger partial charge in [-0.2, -0.15) is 5.10 Å². The van der Waals surface area contributed by atoms with Gasteiger partial charge in [0.05, 0.1) is 19.9 Å². The lowest BCUT2D eigenvalue weighted by Crippen LogP contribution is -2.41. The lowest BCUT2D eigenvalue weighted by atomic mass is 9.76. The number of hydrogen-bond donors (Lipinski definition) is 1. The number of hydrogen-bond acceptors (Lipinski definition) is 5. The van der Waals surface area contributed by atoms with Crippen LogP contribution in [0.15, 0.2) is 6.20 Å². The van der Waals surface area contributed by atoms with E-state index in [0.717, 1.165) is 32.5 Å². The van der Waals surface area contributed by atoms with Crippen molar-refractivity contribution in [2.24, 2.45) is 5.41 Å². The SMILES string of the molecule is COc1cnn(CCN(C)C)c1C(=O)C1(C)CCNCC1. The van der Waals surface area contributed by atoms with Crippen molar-refractivity contribution in [2.45, 2.75) is 26.3 Å². The van der Waals surface area contributed by atoms with E-state index >= 15 is 0 Å². The van der Waals surface area contributed by atoms with Crippen LogP contribution >= 0.6 is 0 Å². The summed E-state index contributed by atoms with van der Waals surface area (Å²) in [6.45, 7) is 5.35. The first-order valence-electron chi connectivity index (χ1n) is 7.48. The highest BCUT2D eigenvalue weighted by molar-refractivity contribution is 6.01. The highest BCUT2D eigenvalue weighted by Crippen LogP contribution is 2.35. The Labute approximate surface area is 126 Å². The first kappa shape index (κ1) is 16.0. The molecule has 6 heteroatoms. The number of carbonyl (C=O) groups is 1. The number of ether oxygens (including phenoxy) is 1. The molecule has 0 bridgehead atoms. The van der Waals surface area contributed by atoms with E-state index in [2.05, 4.69) is 22.2 Å². The Hall–Kier alpha value is -1.40. The molecular formula is C15H26N4O2. The van der Waals surface area contributed by atoms with Gasteiger partial charge < -0.3 is 15.0 Å². The van der Waals surface area contributed by atoms with Gasteiger partial charge >= 0.3 is 0 Å². The van der Waals surface area contributed by atoms with Gasteiger partial charge in [-0.15, -0.1) is 0 Å². The van der Waals surface area contributed by atoms with Crippen LogP contribution in [-0.2, 0) is 6.54 Å². The molecule has 0 spiro atoms. The average Bonchev–Trinajstić information content (AvgIpc) is 2.87. The van der Waals surface area contributed by atoms with E-state index in [1.165, 1.54) is 0 Å². The van der Waals surface area contributed by atoms with Crippen molar-refractivity contribution in [3.05, 3.63) is 11.9 Å². The van der Waals surface area contributed by atoms with E-state index in [-0.39, 0.29) is 11.2 Å². The topological polar surface area (TPSA) is 59.4 Å². The predicted octanol–water partition coefficient (Wildman–Crippen LogP) is 1.03. The minimum atomic E-state index is -0.325. The minimum absolute atomic E-state index is 0.150. The molecule has 0 atom stereocenters. The Kier molecular flexibility index (Phi) is 5.00. The van der Waals surface area contributed by atoms with Crippen LogP contribution in [0.5, 0.6) is 5.75 Å². The predicted molar refractivity (Wildman–Crippen MR) is 81.9 cm³/mol. The Morgan fingerprint density at radius 3 is 2.71 bits per heavy atom. The molecule has 0 aromatic carbocycles. The quantitative estimate of drug-likeness (QED) is 0.794. The maximum atomic E-state index is 13.0. The van der Waals surface area contributed by atoms with Crippen LogP contribution in [0.3, 0.4) is 0 Å². The summed E-state index contributed by atoms with van der Waals surface area (Å²) in [4.78, 5) is 15.1. The molecule has 1 aliphatic heterocycles. The van der Waals surface area contributed by atoms with Gasteiger partial charge in [0.2, 0.25) is 0 Å². The van der Waals surface area contributed by atoms with Crippen molar-refractivity contribution < 1.29 is 9.53 Å². The minimum Gasteiger partial charge on any atom is -0.493 e. The van der Waals surface area contributed by atoms with Crippen molar-refractivity contribution in [2.75, 3.05) is 40.8 Å². The van der Waals surface area contributed by atoms with Crippen molar-refractivity contribution in [3.8, 4) is 5.75 Å². The largest absolute Gasteiger partial charge is 0.493 e. The lowest BCUT2D eigenvalue weighted by Gasteiger charge is -2.32. The Morgan fingerprint density at radius 2 is 2.14 bits per heavy atom. The number of nitrogens with one attached hydrogen (secondary N) is 1. The molecule has 1 N–H and O–H groups in total. The Balaban J connectivity index is 2.27. The molecule has 1 aliphatic rings. The molecule has 1 aromatic heterocycles. The maximum absolute atomic E-state index is 13.0. The number of nitrogens with zero attached hydrogens (tertiary/aromatic N) is 3. The second-order valence-electron chi connectivity index (χ2n) is 6.23. The number of rotatable bonds is 6. The number of ketones is 1. The van der Waals surface area contributed by atoms with Gasteiger partial charge in [0.15, 0.2) is 11.5 Å². The van der Waals surface area contributed by atoms with E-state index in [1.807, 2.05) is 14.1 Å². The third kappa shape index (κ3) is 3.44. The standard InChI is InChI=1S/C15H26N4O2/c1-15(5-7-16-8-6-15)14(20)13-12(21-4)11-17-19(13)10-9-18(2)3/h11,16H,5-10H2,1-4H3. The number of likely N-dealkylation sites (N-methyl/N-ethyl adjacent to an activating group) is 1. The number of piperidine rings is 1. The third-order valence-corrected chi connectivity index (χ3v) is 4.26. The molecule has 1 aromatic rings. The van der Waals surface area contributed by atoms with E-state index in [0.29, 0.717) is 18.0 Å². The Morgan fingerprint density at radius 1 is 1.48 bits per heavy atom. The Bertz CT molecular complexity index is 490. The van der Waals surface area contributed by atoms with Crippen LogP contribution in [0.2, 0.25) is 0 Å². The molecule has 2 rings (SSSR count). The van der Waals surface area contributed by atoms with Crippen LogP contribution in [0, 0.1) is 5.41 Å². The van der Waals surface area contributed by atoms with Crippen molar-refractivity contribution in [3.63, 3.8) is 0 Å². The second-order valence-corrected chi connectivity index (χ2v) is 6.23. The highest BCUT2D eigenvalue weighted by atomic mass is 16.5. The second kappa shape index (κ2) is 6.58. The van der Waals surface area contributed by atoms with Gasteiger partial charge in [0.1, 0.15) is 5.69 Å². The summed E-state index contributed by atoms with van der Waals surface area (Å²) in [5, 5.41) is 7.65. The molecule has 6 nitrogen and oxygen atoms in total. The van der Waals surface area contributed by atoms with E-state index in [4.69, 9.17) is 4.74 Å². The summed E-state index contributed by atoms with van der Waals surface area (Å²) in [5.41, 5.74) is 0.290. The number of methoxy groups -OCH3 is 1. The molecule has 0 amide bonds. The lowest BCUT2D eigenvalue weighted by molar-refractivity contribution is 0.0746. The first-order valence-corrected chi connectivity index (χ1v) is 7.48. The molecule has 0 unspecified atom stereocenters. The summed E-state index contributed by atoms with van der Waals surface area (Å²) < 4.78 is 7.14. The first-order chi connectivity index (χ1) is 9.98. The summed E-state index contributed by atoms with van der Waals surface area (Å²) in [5.74, 6) is 0.732. The fraction of sp³-hybridized carbons (Fsp3) is 0.733. The maximum Gasteiger partial charge on any atom is 0.190 e. The fourth-order valence-electron chi connectivity index (χ4n) is 2.70. The van der Waals surface area contributed by atoms with Gasteiger partial charge in [0.25, 0.3) is 0 Å². The zero-order chi connectivity index (χ0) is 15.5. The van der Waals surface area contributed by atoms with E-state index in [9.17, 15) is 4.79 Å². The summed E-state index contributed by atoms with van der Waals surface area (Å²) in [7, 11) is 5.61. The summed E-state index contributed by atoms with van der Waals surface area (Å²) >= 11 is 0. The molecule has 1 fully saturated rings. The summed E-state index contributed by atoms with van der Waals surface area (Å²) in [6.07, 6.45) is 3.36. The van der Waals surface area contributed by atoms with Gasteiger partial charge in [-0.25, -0.2) is 0 Å². The molecule has 21 heavy (non-hydrogen) atoms. The smallest absolute Gasteiger partial charge is 0.190 e. The molecule has 1 saturated heterocycles. The molecule has 2 heterocycles. The molecule has 0 radical (unpaired) electrons. The van der Waals surface area contributed by atoms with Gasteiger partial charge in [-0.3, -0.25) is 9.48 Å². The fourth-order valence-corrected chi connectivity index (χ4v) is 2.70. The van der Waals surface area contributed by atoms with Crippen LogP contribution < -0.4 is 10.1 Å². The number of carbonyl (C=O) groups excluding carboxylic acids is 1. The van der Waals surface area contributed by atoms with Crippen LogP contribution in [-0.4, -0.2) is 61.3 Å².